The molecule has 0 bridgehead atoms. The van der Waals surface area contributed by atoms with Crippen molar-refractivity contribution in [1.82, 2.24) is 5.32 Å². The Morgan fingerprint density at radius 3 is 2.53 bits per heavy atom. The van der Waals surface area contributed by atoms with Crippen LogP contribution < -0.4 is 16.8 Å². The van der Waals surface area contributed by atoms with Crippen LogP contribution in [0.2, 0.25) is 0 Å². The molecule has 0 aromatic heterocycles. The van der Waals surface area contributed by atoms with E-state index in [0.29, 0.717) is 17.8 Å². The number of hydrogen-bond acceptors (Lipinski definition) is 3. The van der Waals surface area contributed by atoms with E-state index in [4.69, 9.17) is 11.5 Å². The van der Waals surface area contributed by atoms with E-state index in [1.54, 1.807) is 12.1 Å². The Morgan fingerprint density at radius 2 is 2.00 bits per heavy atom. The molecule has 4 nitrogen and oxygen atoms in total. The zero-order valence-electron chi connectivity index (χ0n) is 9.08. The van der Waals surface area contributed by atoms with Crippen molar-refractivity contribution in [2.24, 2.45) is 0 Å². The van der Waals surface area contributed by atoms with Crippen LogP contribution in [-0.4, -0.2) is 11.9 Å². The van der Waals surface area contributed by atoms with Gasteiger partial charge in [0.25, 0.3) is 0 Å². The van der Waals surface area contributed by atoms with E-state index in [9.17, 15) is 4.79 Å². The van der Waals surface area contributed by atoms with E-state index in [1.807, 2.05) is 19.9 Å². The Balaban J connectivity index is 2.65. The minimum absolute atomic E-state index is 0.00540. The van der Waals surface area contributed by atoms with Crippen molar-refractivity contribution in [1.29, 1.82) is 0 Å². The zero-order chi connectivity index (χ0) is 11.4. The Labute approximate surface area is 89.6 Å². The lowest BCUT2D eigenvalue weighted by Gasteiger charge is -2.09. The third-order valence-corrected chi connectivity index (χ3v) is 1.97. The largest absolute Gasteiger partial charge is 0.397 e. The number of nitrogens with one attached hydrogen (secondary N) is 1. The second-order valence-corrected chi connectivity index (χ2v) is 3.86. The summed E-state index contributed by atoms with van der Waals surface area (Å²) in [4.78, 5) is 11.4. The van der Waals surface area contributed by atoms with Gasteiger partial charge in [-0.05, 0) is 31.5 Å². The number of hydrogen-bond donors (Lipinski definition) is 3. The van der Waals surface area contributed by atoms with Crippen LogP contribution in [0.4, 0.5) is 11.4 Å². The molecule has 82 valence electrons. The molecular weight excluding hydrogens is 190 g/mol. The molecule has 4 heteroatoms. The highest BCUT2D eigenvalue weighted by atomic mass is 16.1. The molecule has 0 saturated carbocycles. The lowest BCUT2D eigenvalue weighted by Crippen LogP contribution is -2.31. The van der Waals surface area contributed by atoms with E-state index in [0.717, 1.165) is 5.56 Å². The second-order valence-electron chi connectivity index (χ2n) is 3.86. The van der Waals surface area contributed by atoms with Gasteiger partial charge in [-0.1, -0.05) is 6.07 Å². The van der Waals surface area contributed by atoms with Gasteiger partial charge in [0.1, 0.15) is 0 Å². The first-order valence-corrected chi connectivity index (χ1v) is 4.92. The van der Waals surface area contributed by atoms with Crippen molar-refractivity contribution in [2.45, 2.75) is 26.3 Å². The van der Waals surface area contributed by atoms with Gasteiger partial charge in [0, 0.05) is 6.04 Å². The molecular formula is C11H17N3O. The van der Waals surface area contributed by atoms with Crippen LogP contribution in [0.3, 0.4) is 0 Å². The Morgan fingerprint density at radius 1 is 1.33 bits per heavy atom. The van der Waals surface area contributed by atoms with Gasteiger partial charge in [0.05, 0.1) is 17.8 Å². The molecule has 0 radical (unpaired) electrons. The van der Waals surface area contributed by atoms with Crippen molar-refractivity contribution in [3.05, 3.63) is 23.8 Å². The first-order valence-electron chi connectivity index (χ1n) is 4.92. The zero-order valence-corrected chi connectivity index (χ0v) is 9.08. The molecule has 5 N–H and O–H groups in total. The van der Waals surface area contributed by atoms with Crippen LogP contribution >= 0.6 is 0 Å². The van der Waals surface area contributed by atoms with Crippen molar-refractivity contribution in [3.8, 4) is 0 Å². The van der Waals surface area contributed by atoms with Crippen LogP contribution in [-0.2, 0) is 11.2 Å². The molecule has 0 aliphatic carbocycles. The molecule has 15 heavy (non-hydrogen) atoms. The minimum Gasteiger partial charge on any atom is -0.397 e. The predicted octanol–water partition coefficient (Wildman–Crippen LogP) is 0.918. The van der Waals surface area contributed by atoms with Crippen molar-refractivity contribution < 1.29 is 4.79 Å². The number of nitrogen functional groups attached to an aromatic ring is 2. The van der Waals surface area contributed by atoms with Gasteiger partial charge in [0.15, 0.2) is 0 Å². The summed E-state index contributed by atoms with van der Waals surface area (Å²) in [5.74, 6) is -0.00540. The Bertz CT molecular complexity index is 361. The number of nitrogens with two attached hydrogens (primary N) is 2. The van der Waals surface area contributed by atoms with Crippen LogP contribution in [0.1, 0.15) is 19.4 Å². The number of carbonyl (C=O) groups excluding carboxylic acids is 1. The maximum absolute atomic E-state index is 11.4. The maximum atomic E-state index is 11.4. The molecule has 1 rings (SSSR count). The Hall–Kier alpha value is -1.71. The van der Waals surface area contributed by atoms with Gasteiger partial charge in [-0.3, -0.25) is 4.79 Å². The lowest BCUT2D eigenvalue weighted by molar-refractivity contribution is -0.120. The number of benzene rings is 1. The Kier molecular flexibility index (Phi) is 3.55. The molecule has 0 aliphatic heterocycles. The predicted molar refractivity (Wildman–Crippen MR) is 62.2 cm³/mol. The molecule has 0 saturated heterocycles. The summed E-state index contributed by atoms with van der Waals surface area (Å²) in [6.45, 7) is 3.85. The minimum atomic E-state index is -0.00540. The van der Waals surface area contributed by atoms with Gasteiger partial charge >= 0.3 is 0 Å². The summed E-state index contributed by atoms with van der Waals surface area (Å²) in [7, 11) is 0. The van der Waals surface area contributed by atoms with Crippen LogP contribution in [0.15, 0.2) is 18.2 Å². The summed E-state index contributed by atoms with van der Waals surface area (Å²) in [6, 6.07) is 5.41. The summed E-state index contributed by atoms with van der Waals surface area (Å²) >= 11 is 0. The summed E-state index contributed by atoms with van der Waals surface area (Å²) in [5, 5.41) is 2.81. The number of anilines is 2. The molecule has 0 atom stereocenters. The van der Waals surface area contributed by atoms with E-state index < -0.39 is 0 Å². The first-order chi connectivity index (χ1) is 6.99. The molecule has 0 heterocycles. The van der Waals surface area contributed by atoms with Crippen molar-refractivity contribution in [3.63, 3.8) is 0 Å². The van der Waals surface area contributed by atoms with E-state index in [2.05, 4.69) is 5.32 Å². The molecule has 0 unspecified atom stereocenters. The highest BCUT2D eigenvalue weighted by molar-refractivity contribution is 5.79. The normalized spacial score (nSPS) is 10.3. The van der Waals surface area contributed by atoms with Gasteiger partial charge in [0.2, 0.25) is 5.91 Å². The first kappa shape index (κ1) is 11.4. The molecule has 1 aromatic rings. The topological polar surface area (TPSA) is 81.1 Å². The lowest BCUT2D eigenvalue weighted by atomic mass is 10.1. The molecule has 0 spiro atoms. The highest BCUT2D eigenvalue weighted by Crippen LogP contribution is 2.16. The van der Waals surface area contributed by atoms with Crippen molar-refractivity contribution in [2.75, 3.05) is 11.5 Å². The maximum Gasteiger partial charge on any atom is 0.224 e. The fourth-order valence-corrected chi connectivity index (χ4v) is 1.29. The van der Waals surface area contributed by atoms with Gasteiger partial charge in [-0.15, -0.1) is 0 Å². The molecule has 1 amide bonds. The van der Waals surface area contributed by atoms with Crippen LogP contribution in [0, 0.1) is 0 Å². The molecule has 0 aliphatic rings. The summed E-state index contributed by atoms with van der Waals surface area (Å²) in [6.07, 6.45) is 0.336. The van der Waals surface area contributed by atoms with Gasteiger partial charge in [-0.2, -0.15) is 0 Å². The van der Waals surface area contributed by atoms with E-state index >= 15 is 0 Å². The van der Waals surface area contributed by atoms with Crippen molar-refractivity contribution >= 4 is 17.3 Å². The van der Waals surface area contributed by atoms with Gasteiger partial charge in [-0.25, -0.2) is 0 Å². The number of amides is 1. The number of carbonyl (C=O) groups is 1. The second kappa shape index (κ2) is 4.68. The smallest absolute Gasteiger partial charge is 0.224 e. The fourth-order valence-electron chi connectivity index (χ4n) is 1.29. The standard InChI is InChI=1S/C11H17N3O/c1-7(2)14-11(15)6-8-3-4-9(12)10(13)5-8/h3-5,7H,6,12-13H2,1-2H3,(H,14,15). The third-order valence-electron chi connectivity index (χ3n) is 1.97. The van der Waals surface area contributed by atoms with Crippen LogP contribution in [0.5, 0.6) is 0 Å². The van der Waals surface area contributed by atoms with E-state index in [1.165, 1.54) is 0 Å². The monoisotopic (exact) mass is 207 g/mol. The fraction of sp³-hybridized carbons (Fsp3) is 0.364. The SMILES string of the molecule is CC(C)NC(=O)Cc1ccc(N)c(N)c1. The summed E-state index contributed by atoms with van der Waals surface area (Å²) < 4.78 is 0. The third kappa shape index (κ3) is 3.50. The quantitative estimate of drug-likeness (QED) is 0.645. The number of rotatable bonds is 3. The highest BCUT2D eigenvalue weighted by Gasteiger charge is 2.05. The average Bonchev–Trinajstić information content (AvgIpc) is 2.10. The van der Waals surface area contributed by atoms with Gasteiger partial charge < -0.3 is 16.8 Å². The van der Waals surface area contributed by atoms with Crippen LogP contribution in [0.25, 0.3) is 0 Å². The molecule has 0 fully saturated rings. The van der Waals surface area contributed by atoms with E-state index in [-0.39, 0.29) is 11.9 Å². The summed E-state index contributed by atoms with van der Waals surface area (Å²) in [5.41, 5.74) is 13.2. The average molecular weight is 207 g/mol. The molecule has 1 aromatic carbocycles.